The molecule has 0 aliphatic carbocycles. The molecule has 31 heavy (non-hydrogen) atoms. The minimum Gasteiger partial charge on any atom is -0.335 e. The lowest BCUT2D eigenvalue weighted by Gasteiger charge is -2.21. The van der Waals surface area contributed by atoms with E-state index in [1.165, 1.54) is 12.1 Å². The number of hydrogen-bond donors (Lipinski definition) is 3. The number of aromatic nitrogens is 6. The molecule has 5 heterocycles. The number of hydrogen-bond acceptors (Lipinski definition) is 5. The van der Waals surface area contributed by atoms with Gasteiger partial charge in [-0.25, -0.2) is 9.37 Å². The fraction of sp³-hybridized carbons (Fsp3) is 0.217. The second-order valence-electron chi connectivity index (χ2n) is 7.93. The second kappa shape index (κ2) is 7.24. The molecular formula is C23H20FN7. The molecule has 6 rings (SSSR count). The van der Waals surface area contributed by atoms with Crippen LogP contribution in [0.5, 0.6) is 0 Å². The Kier molecular flexibility index (Phi) is 4.24. The number of fused-ring (bicyclic) bond motifs is 2. The lowest BCUT2D eigenvalue weighted by atomic mass is 9.93. The molecule has 4 aromatic heterocycles. The van der Waals surface area contributed by atoms with Crippen molar-refractivity contribution in [1.82, 2.24) is 35.5 Å². The van der Waals surface area contributed by atoms with Crippen molar-refractivity contribution in [1.29, 1.82) is 0 Å². The molecule has 8 heteroatoms. The number of nitrogens with zero attached hydrogens (tertiary/aromatic N) is 4. The van der Waals surface area contributed by atoms with Gasteiger partial charge in [-0.05, 0) is 49.7 Å². The Balaban J connectivity index is 1.46. The van der Waals surface area contributed by atoms with E-state index in [9.17, 15) is 4.39 Å². The predicted octanol–water partition coefficient (Wildman–Crippen LogP) is 4.17. The summed E-state index contributed by atoms with van der Waals surface area (Å²) >= 11 is 0. The highest BCUT2D eigenvalue weighted by Crippen LogP contribution is 2.32. The zero-order valence-electron chi connectivity index (χ0n) is 16.7. The minimum absolute atomic E-state index is 0.271. The van der Waals surface area contributed by atoms with E-state index in [0.29, 0.717) is 11.7 Å². The third kappa shape index (κ3) is 3.16. The van der Waals surface area contributed by atoms with Crippen LogP contribution in [-0.4, -0.2) is 43.2 Å². The van der Waals surface area contributed by atoms with E-state index >= 15 is 0 Å². The fourth-order valence-corrected chi connectivity index (χ4v) is 4.34. The van der Waals surface area contributed by atoms with E-state index in [1.54, 1.807) is 24.5 Å². The van der Waals surface area contributed by atoms with Crippen LogP contribution in [0.15, 0.2) is 48.9 Å². The van der Waals surface area contributed by atoms with Crippen LogP contribution in [0, 0.1) is 5.82 Å². The fourth-order valence-electron chi connectivity index (χ4n) is 4.34. The maximum Gasteiger partial charge on any atom is 0.159 e. The molecule has 3 N–H and O–H groups in total. The molecule has 0 atom stereocenters. The summed E-state index contributed by atoms with van der Waals surface area (Å²) in [5.74, 6) is 0.853. The SMILES string of the molecule is Fc1ccc(-c2cncc3[nH]c(-c4n[nH]c5cnc(C6CCNCC6)cc45)nc23)cc1. The monoisotopic (exact) mass is 413 g/mol. The Morgan fingerprint density at radius 3 is 2.65 bits per heavy atom. The number of pyridine rings is 2. The molecule has 0 radical (unpaired) electrons. The molecule has 5 aromatic rings. The van der Waals surface area contributed by atoms with Gasteiger partial charge in [0.15, 0.2) is 5.82 Å². The van der Waals surface area contributed by atoms with Crippen molar-refractivity contribution in [2.75, 3.05) is 13.1 Å². The summed E-state index contributed by atoms with van der Waals surface area (Å²) in [5.41, 5.74) is 6.03. The van der Waals surface area contributed by atoms with E-state index in [1.807, 2.05) is 6.20 Å². The first kappa shape index (κ1) is 18.1. The Labute approximate surface area is 177 Å². The van der Waals surface area contributed by atoms with Crippen LogP contribution in [0.4, 0.5) is 4.39 Å². The zero-order valence-corrected chi connectivity index (χ0v) is 16.7. The summed E-state index contributed by atoms with van der Waals surface area (Å²) in [5, 5.41) is 12.0. The summed E-state index contributed by atoms with van der Waals surface area (Å²) in [6, 6.07) is 8.50. The summed E-state index contributed by atoms with van der Waals surface area (Å²) < 4.78 is 13.4. The second-order valence-corrected chi connectivity index (χ2v) is 7.93. The van der Waals surface area contributed by atoms with Crippen molar-refractivity contribution in [3.8, 4) is 22.6 Å². The molecule has 1 aliphatic rings. The van der Waals surface area contributed by atoms with E-state index in [2.05, 4.69) is 36.5 Å². The number of H-pyrrole nitrogens is 2. The average molecular weight is 413 g/mol. The highest BCUT2D eigenvalue weighted by Gasteiger charge is 2.20. The van der Waals surface area contributed by atoms with Gasteiger partial charge < -0.3 is 10.3 Å². The maximum absolute atomic E-state index is 13.4. The quantitative estimate of drug-likeness (QED) is 0.413. The first-order chi connectivity index (χ1) is 15.3. The number of imidazole rings is 1. The van der Waals surface area contributed by atoms with Crippen molar-refractivity contribution in [3.63, 3.8) is 0 Å². The van der Waals surface area contributed by atoms with Gasteiger partial charge in [0.2, 0.25) is 0 Å². The normalized spacial score (nSPS) is 15.1. The lowest BCUT2D eigenvalue weighted by Crippen LogP contribution is -2.27. The topological polar surface area (TPSA) is 95.2 Å². The molecule has 0 saturated carbocycles. The Morgan fingerprint density at radius 1 is 0.968 bits per heavy atom. The van der Waals surface area contributed by atoms with Crippen molar-refractivity contribution >= 4 is 21.9 Å². The predicted molar refractivity (Wildman–Crippen MR) is 117 cm³/mol. The van der Waals surface area contributed by atoms with Crippen LogP contribution in [0.1, 0.15) is 24.5 Å². The molecule has 0 bridgehead atoms. The standard InChI is InChI=1S/C23H20FN7/c24-15-3-1-13(2-4-15)17-10-26-11-20-21(17)29-23(28-20)22-16-9-18(14-5-7-25-8-6-14)27-12-19(16)30-31-22/h1-4,9-12,14,25H,5-8H2,(H,28,29)(H,30,31). The molecular weight excluding hydrogens is 393 g/mol. The largest absolute Gasteiger partial charge is 0.335 e. The first-order valence-electron chi connectivity index (χ1n) is 10.4. The van der Waals surface area contributed by atoms with Crippen molar-refractivity contribution in [2.24, 2.45) is 0 Å². The first-order valence-corrected chi connectivity index (χ1v) is 10.4. The van der Waals surface area contributed by atoms with Gasteiger partial charge in [-0.3, -0.25) is 15.1 Å². The van der Waals surface area contributed by atoms with Crippen LogP contribution in [0.3, 0.4) is 0 Å². The average Bonchev–Trinajstić information content (AvgIpc) is 3.43. The van der Waals surface area contributed by atoms with E-state index in [0.717, 1.165) is 70.4 Å². The lowest BCUT2D eigenvalue weighted by molar-refractivity contribution is 0.453. The van der Waals surface area contributed by atoms with Crippen molar-refractivity contribution in [2.45, 2.75) is 18.8 Å². The van der Waals surface area contributed by atoms with Gasteiger partial charge >= 0.3 is 0 Å². The van der Waals surface area contributed by atoms with E-state index in [4.69, 9.17) is 4.98 Å². The molecule has 1 saturated heterocycles. The minimum atomic E-state index is -0.271. The Hall–Kier alpha value is -3.65. The molecule has 154 valence electrons. The molecule has 0 spiro atoms. The third-order valence-corrected chi connectivity index (χ3v) is 6.00. The summed E-state index contributed by atoms with van der Waals surface area (Å²) in [6.45, 7) is 2.04. The molecule has 1 aliphatic heterocycles. The summed E-state index contributed by atoms with van der Waals surface area (Å²) in [6.07, 6.45) is 7.53. The van der Waals surface area contributed by atoms with Gasteiger partial charge in [-0.15, -0.1) is 0 Å². The third-order valence-electron chi connectivity index (χ3n) is 6.00. The van der Waals surface area contributed by atoms with Gasteiger partial charge in [0.25, 0.3) is 0 Å². The molecule has 1 aromatic carbocycles. The molecule has 7 nitrogen and oxygen atoms in total. The van der Waals surface area contributed by atoms with Gasteiger partial charge in [0.1, 0.15) is 11.5 Å². The number of rotatable bonds is 3. The summed E-state index contributed by atoms with van der Waals surface area (Å²) in [7, 11) is 0. The highest BCUT2D eigenvalue weighted by atomic mass is 19.1. The molecule has 0 amide bonds. The number of halogens is 1. The van der Waals surface area contributed by atoms with Crippen LogP contribution in [0.2, 0.25) is 0 Å². The molecule has 0 unspecified atom stereocenters. The van der Waals surface area contributed by atoms with Gasteiger partial charge in [-0.1, -0.05) is 12.1 Å². The number of benzene rings is 1. The van der Waals surface area contributed by atoms with Crippen LogP contribution >= 0.6 is 0 Å². The van der Waals surface area contributed by atoms with Gasteiger partial charge in [0, 0.05) is 28.8 Å². The zero-order chi connectivity index (χ0) is 20.8. The van der Waals surface area contributed by atoms with E-state index < -0.39 is 0 Å². The Bertz CT molecular complexity index is 1380. The number of nitrogens with one attached hydrogen (secondary N) is 3. The van der Waals surface area contributed by atoms with E-state index in [-0.39, 0.29) is 5.82 Å². The van der Waals surface area contributed by atoms with Crippen LogP contribution in [0.25, 0.3) is 44.6 Å². The Morgan fingerprint density at radius 2 is 1.81 bits per heavy atom. The smallest absolute Gasteiger partial charge is 0.159 e. The van der Waals surface area contributed by atoms with Crippen LogP contribution < -0.4 is 5.32 Å². The van der Waals surface area contributed by atoms with Crippen LogP contribution in [-0.2, 0) is 0 Å². The maximum atomic E-state index is 13.4. The molecule has 1 fully saturated rings. The van der Waals surface area contributed by atoms with Crippen molar-refractivity contribution < 1.29 is 4.39 Å². The number of piperidine rings is 1. The summed E-state index contributed by atoms with van der Waals surface area (Å²) in [4.78, 5) is 17.2. The van der Waals surface area contributed by atoms with Crippen molar-refractivity contribution in [3.05, 3.63) is 60.4 Å². The highest BCUT2D eigenvalue weighted by molar-refractivity contribution is 5.96. The van der Waals surface area contributed by atoms with Gasteiger partial charge in [0.05, 0.1) is 28.9 Å². The number of aromatic amines is 2. The van der Waals surface area contributed by atoms with Gasteiger partial charge in [-0.2, -0.15) is 5.10 Å².